The molecule has 1 atom stereocenters. The Morgan fingerprint density at radius 1 is 0.914 bits per heavy atom. The van der Waals surface area contributed by atoms with E-state index in [1.807, 2.05) is 89.5 Å². The van der Waals surface area contributed by atoms with Crippen LogP contribution in [-0.4, -0.2) is 21.7 Å². The molecule has 5 aromatic rings. The number of carbonyl (C=O) groups is 2. The van der Waals surface area contributed by atoms with E-state index in [1.54, 1.807) is 24.5 Å². The van der Waals surface area contributed by atoms with Crippen LogP contribution in [0.3, 0.4) is 0 Å². The molecular weight excluding hydrogens is 438 g/mol. The molecule has 172 valence electrons. The molecule has 0 spiro atoms. The third kappa shape index (κ3) is 4.82. The maximum Gasteiger partial charge on any atom is 0.259 e. The third-order valence-electron chi connectivity index (χ3n) is 5.77. The van der Waals surface area contributed by atoms with Crippen LogP contribution in [0.1, 0.15) is 28.4 Å². The van der Waals surface area contributed by atoms with Crippen LogP contribution in [0, 0.1) is 0 Å². The summed E-state index contributed by atoms with van der Waals surface area (Å²) < 4.78 is 7.92. The molecular formula is C29H23N3O3. The molecule has 1 aromatic heterocycles. The molecule has 1 amide bonds. The lowest BCUT2D eigenvalue weighted by Crippen LogP contribution is -2.13. The Balaban J connectivity index is 1.40. The van der Waals surface area contributed by atoms with Gasteiger partial charge >= 0.3 is 0 Å². The Bertz CT molecular complexity index is 1460. The number of ether oxygens (including phenoxy) is 1. The summed E-state index contributed by atoms with van der Waals surface area (Å²) in [6, 6.07) is 31.8. The highest BCUT2D eigenvalue weighted by atomic mass is 16.5. The maximum absolute atomic E-state index is 13.1. The molecule has 0 saturated carbocycles. The lowest BCUT2D eigenvalue weighted by atomic mass is 10.0. The first-order valence-electron chi connectivity index (χ1n) is 11.3. The number of anilines is 1. The fourth-order valence-corrected chi connectivity index (χ4v) is 4.09. The number of nitrogens with one attached hydrogen (secondary N) is 1. The Kier molecular flexibility index (Phi) is 6.35. The number of para-hydroxylation sites is 2. The first kappa shape index (κ1) is 22.1. The molecule has 5 rings (SSSR count). The number of fused-ring (bicyclic) bond motifs is 1. The van der Waals surface area contributed by atoms with Gasteiger partial charge in [0.2, 0.25) is 0 Å². The second kappa shape index (κ2) is 10.1. The summed E-state index contributed by atoms with van der Waals surface area (Å²) in [7, 11) is 0. The number of imidazole rings is 1. The normalized spacial score (nSPS) is 11.7. The first-order valence-corrected chi connectivity index (χ1v) is 11.3. The Hall–Kier alpha value is -4.71. The largest absolute Gasteiger partial charge is 0.457 e. The van der Waals surface area contributed by atoms with Gasteiger partial charge in [0.1, 0.15) is 17.8 Å². The summed E-state index contributed by atoms with van der Waals surface area (Å²) >= 11 is 0. The van der Waals surface area contributed by atoms with E-state index in [2.05, 4.69) is 10.3 Å². The zero-order valence-corrected chi connectivity index (χ0v) is 18.9. The Labute approximate surface area is 202 Å². The van der Waals surface area contributed by atoms with Gasteiger partial charge in [-0.2, -0.15) is 0 Å². The van der Waals surface area contributed by atoms with Crippen LogP contribution in [0.5, 0.6) is 11.5 Å². The zero-order valence-electron chi connectivity index (χ0n) is 18.9. The van der Waals surface area contributed by atoms with E-state index in [9.17, 15) is 9.59 Å². The van der Waals surface area contributed by atoms with Crippen molar-refractivity contribution in [1.29, 1.82) is 0 Å². The molecule has 35 heavy (non-hydrogen) atoms. The average Bonchev–Trinajstić information content (AvgIpc) is 3.31. The molecule has 0 radical (unpaired) electrons. The van der Waals surface area contributed by atoms with Gasteiger partial charge < -0.3 is 19.4 Å². The van der Waals surface area contributed by atoms with Gasteiger partial charge in [-0.1, -0.05) is 60.7 Å². The van der Waals surface area contributed by atoms with Crippen molar-refractivity contribution in [3.63, 3.8) is 0 Å². The quantitative estimate of drug-likeness (QED) is 0.277. The predicted molar refractivity (Wildman–Crippen MR) is 136 cm³/mol. The van der Waals surface area contributed by atoms with Crippen molar-refractivity contribution in [3.05, 3.63) is 121 Å². The number of carbonyl (C=O) groups excluding carboxylic acids is 2. The monoisotopic (exact) mass is 461 g/mol. The molecule has 0 aliphatic rings. The van der Waals surface area contributed by atoms with Gasteiger partial charge in [0, 0.05) is 12.1 Å². The third-order valence-corrected chi connectivity index (χ3v) is 5.77. The average molecular weight is 462 g/mol. The van der Waals surface area contributed by atoms with Crippen molar-refractivity contribution in [2.75, 3.05) is 5.32 Å². The number of hydrogen-bond acceptors (Lipinski definition) is 4. The van der Waals surface area contributed by atoms with Crippen LogP contribution in [-0.2, 0) is 4.79 Å². The summed E-state index contributed by atoms with van der Waals surface area (Å²) in [5.41, 5.74) is 3.69. The minimum absolute atomic E-state index is 0.152. The van der Waals surface area contributed by atoms with Crippen LogP contribution in [0.4, 0.5) is 5.69 Å². The lowest BCUT2D eigenvalue weighted by Gasteiger charge is -2.18. The molecule has 1 unspecified atom stereocenters. The van der Waals surface area contributed by atoms with E-state index >= 15 is 0 Å². The van der Waals surface area contributed by atoms with E-state index in [0.29, 0.717) is 29.2 Å². The number of amides is 1. The summed E-state index contributed by atoms with van der Waals surface area (Å²) in [5, 5.41) is 2.95. The Morgan fingerprint density at radius 3 is 2.40 bits per heavy atom. The molecule has 1 N–H and O–H groups in total. The number of nitrogens with zero attached hydrogens (tertiary/aromatic N) is 2. The lowest BCUT2D eigenvalue weighted by molar-refractivity contribution is -0.108. The van der Waals surface area contributed by atoms with Crippen molar-refractivity contribution < 1.29 is 14.3 Å². The highest BCUT2D eigenvalue weighted by Gasteiger charge is 2.17. The summed E-state index contributed by atoms with van der Waals surface area (Å²) in [6.07, 6.45) is 3.00. The van der Waals surface area contributed by atoms with Crippen molar-refractivity contribution in [3.8, 4) is 11.5 Å². The second-order valence-corrected chi connectivity index (χ2v) is 8.05. The predicted octanol–water partition coefficient (Wildman–Crippen LogP) is 6.26. The molecule has 6 nitrogen and oxygen atoms in total. The van der Waals surface area contributed by atoms with Crippen LogP contribution in [0.15, 0.2) is 109 Å². The van der Waals surface area contributed by atoms with Crippen molar-refractivity contribution in [1.82, 2.24) is 9.55 Å². The molecule has 0 aliphatic heterocycles. The van der Waals surface area contributed by atoms with Crippen LogP contribution in [0.25, 0.3) is 11.0 Å². The van der Waals surface area contributed by atoms with E-state index in [0.717, 1.165) is 22.9 Å². The summed E-state index contributed by atoms with van der Waals surface area (Å²) in [5.74, 6) is 0.850. The molecule has 1 heterocycles. The van der Waals surface area contributed by atoms with Gasteiger partial charge in [0.25, 0.3) is 5.91 Å². The second-order valence-electron chi connectivity index (χ2n) is 8.05. The minimum atomic E-state index is -0.279. The number of aldehydes is 1. The van der Waals surface area contributed by atoms with Gasteiger partial charge in [-0.3, -0.25) is 4.79 Å². The van der Waals surface area contributed by atoms with Gasteiger partial charge in [-0.05, 0) is 48.0 Å². The van der Waals surface area contributed by atoms with Crippen molar-refractivity contribution in [2.45, 2.75) is 12.5 Å². The van der Waals surface area contributed by atoms with Crippen LogP contribution < -0.4 is 10.1 Å². The first-order chi connectivity index (χ1) is 17.2. The number of aromatic nitrogens is 2. The number of benzene rings is 4. The smallest absolute Gasteiger partial charge is 0.259 e. The van der Waals surface area contributed by atoms with Crippen molar-refractivity contribution in [2.24, 2.45) is 0 Å². The SMILES string of the molecule is O=CCC(c1ccccc1)n1cnc2cc(NC(=O)c3ccccc3Oc3ccccc3)ccc21. The molecule has 6 heteroatoms. The fraction of sp³-hybridized carbons (Fsp3) is 0.0690. The molecule has 0 aliphatic carbocycles. The van der Waals surface area contributed by atoms with Gasteiger partial charge in [0.05, 0.1) is 29.0 Å². The number of hydrogen-bond donors (Lipinski definition) is 1. The molecule has 0 bridgehead atoms. The Morgan fingerprint density at radius 2 is 1.63 bits per heavy atom. The van der Waals surface area contributed by atoms with Crippen LogP contribution in [0.2, 0.25) is 0 Å². The zero-order chi connectivity index (χ0) is 24.0. The molecule has 0 fully saturated rings. The van der Waals surface area contributed by atoms with E-state index < -0.39 is 0 Å². The fourth-order valence-electron chi connectivity index (χ4n) is 4.09. The van der Waals surface area contributed by atoms with E-state index in [-0.39, 0.29) is 11.9 Å². The van der Waals surface area contributed by atoms with Gasteiger partial charge in [-0.15, -0.1) is 0 Å². The standard InChI is InChI=1S/C29H23N3O3/c33-18-17-26(21-9-3-1-4-10-21)32-20-30-25-19-22(15-16-27(25)32)31-29(34)24-13-7-8-14-28(24)35-23-11-5-2-6-12-23/h1-16,18-20,26H,17H2,(H,31,34). The maximum atomic E-state index is 13.1. The minimum Gasteiger partial charge on any atom is -0.457 e. The summed E-state index contributed by atoms with van der Waals surface area (Å²) in [4.78, 5) is 29.0. The van der Waals surface area contributed by atoms with Crippen molar-refractivity contribution >= 4 is 28.9 Å². The highest BCUT2D eigenvalue weighted by Crippen LogP contribution is 2.29. The number of rotatable bonds is 8. The molecule has 0 saturated heterocycles. The summed E-state index contributed by atoms with van der Waals surface area (Å²) in [6.45, 7) is 0. The molecule has 4 aromatic carbocycles. The van der Waals surface area contributed by atoms with Crippen LogP contribution >= 0.6 is 0 Å². The van der Waals surface area contributed by atoms with E-state index in [1.165, 1.54) is 0 Å². The van der Waals surface area contributed by atoms with E-state index in [4.69, 9.17) is 4.74 Å². The highest BCUT2D eigenvalue weighted by molar-refractivity contribution is 6.06. The van der Waals surface area contributed by atoms with Gasteiger partial charge in [0.15, 0.2) is 0 Å². The van der Waals surface area contributed by atoms with Gasteiger partial charge in [-0.25, -0.2) is 4.98 Å². The topological polar surface area (TPSA) is 73.2 Å².